The normalized spacial score (nSPS) is 10.9. The highest BCUT2D eigenvalue weighted by Crippen LogP contribution is 2.14. The Morgan fingerprint density at radius 2 is 2.06 bits per heavy atom. The molecule has 0 saturated carbocycles. The standard InChI is InChI=1S/C15H25FN2/c1-4-18(11-10-17-9-8-13(2)3)15-7-5-6-14(16)12-15/h5-7,12-13,17H,4,8-11H2,1-3H3. The summed E-state index contributed by atoms with van der Waals surface area (Å²) in [5.41, 5.74) is 0.961. The number of nitrogens with zero attached hydrogens (tertiary/aromatic N) is 1. The van der Waals surface area contributed by atoms with Crippen LogP contribution in [0.4, 0.5) is 10.1 Å². The Hall–Kier alpha value is -1.09. The van der Waals surface area contributed by atoms with Crippen LogP contribution in [0.15, 0.2) is 24.3 Å². The molecular formula is C15H25FN2. The highest BCUT2D eigenvalue weighted by atomic mass is 19.1. The van der Waals surface area contributed by atoms with Crippen LogP contribution in [0.1, 0.15) is 27.2 Å². The number of rotatable bonds is 8. The van der Waals surface area contributed by atoms with Gasteiger partial charge in [0.2, 0.25) is 0 Å². The molecule has 1 N–H and O–H groups in total. The van der Waals surface area contributed by atoms with Crippen molar-refractivity contribution in [2.45, 2.75) is 27.2 Å². The van der Waals surface area contributed by atoms with E-state index in [4.69, 9.17) is 0 Å². The second-order valence-electron chi connectivity index (χ2n) is 4.99. The second kappa shape index (κ2) is 8.09. The predicted molar refractivity (Wildman–Crippen MR) is 76.6 cm³/mol. The second-order valence-corrected chi connectivity index (χ2v) is 4.99. The number of anilines is 1. The predicted octanol–water partition coefficient (Wildman–Crippen LogP) is 3.29. The minimum atomic E-state index is -0.168. The highest BCUT2D eigenvalue weighted by molar-refractivity contribution is 5.46. The molecule has 0 fully saturated rings. The van der Waals surface area contributed by atoms with Crippen LogP contribution in [0.2, 0.25) is 0 Å². The van der Waals surface area contributed by atoms with Gasteiger partial charge in [0.25, 0.3) is 0 Å². The highest BCUT2D eigenvalue weighted by Gasteiger charge is 2.04. The Bertz CT molecular complexity index is 339. The molecule has 102 valence electrons. The van der Waals surface area contributed by atoms with E-state index >= 15 is 0 Å². The number of hydrogen-bond acceptors (Lipinski definition) is 2. The van der Waals surface area contributed by atoms with Crippen molar-refractivity contribution in [1.82, 2.24) is 5.32 Å². The summed E-state index contributed by atoms with van der Waals surface area (Å²) in [6.07, 6.45) is 1.20. The maximum atomic E-state index is 13.2. The van der Waals surface area contributed by atoms with Crippen LogP contribution in [-0.2, 0) is 0 Å². The summed E-state index contributed by atoms with van der Waals surface area (Å²) in [6.45, 7) is 10.4. The molecule has 0 saturated heterocycles. The first-order valence-corrected chi connectivity index (χ1v) is 6.84. The Morgan fingerprint density at radius 3 is 2.67 bits per heavy atom. The van der Waals surface area contributed by atoms with Crippen LogP contribution in [0.3, 0.4) is 0 Å². The molecule has 18 heavy (non-hydrogen) atoms. The minimum absolute atomic E-state index is 0.168. The quantitative estimate of drug-likeness (QED) is 0.714. The molecule has 0 radical (unpaired) electrons. The zero-order chi connectivity index (χ0) is 13.4. The van der Waals surface area contributed by atoms with Crippen LogP contribution in [0.5, 0.6) is 0 Å². The van der Waals surface area contributed by atoms with Gasteiger partial charge in [0.15, 0.2) is 0 Å². The van der Waals surface area contributed by atoms with Crippen molar-refractivity contribution in [1.29, 1.82) is 0 Å². The van der Waals surface area contributed by atoms with Crippen molar-refractivity contribution in [2.75, 3.05) is 31.1 Å². The summed E-state index contributed by atoms with van der Waals surface area (Å²) in [7, 11) is 0. The smallest absolute Gasteiger partial charge is 0.125 e. The van der Waals surface area contributed by atoms with Crippen molar-refractivity contribution in [2.24, 2.45) is 5.92 Å². The maximum absolute atomic E-state index is 13.2. The Balaban J connectivity index is 2.34. The third-order valence-electron chi connectivity index (χ3n) is 3.01. The van der Waals surface area contributed by atoms with Crippen LogP contribution >= 0.6 is 0 Å². The third kappa shape index (κ3) is 5.50. The Kier molecular flexibility index (Phi) is 6.73. The van der Waals surface area contributed by atoms with Gasteiger partial charge in [-0.25, -0.2) is 4.39 Å². The van der Waals surface area contributed by atoms with Crippen molar-refractivity contribution < 1.29 is 4.39 Å². The van der Waals surface area contributed by atoms with Gasteiger partial charge < -0.3 is 10.2 Å². The van der Waals surface area contributed by atoms with Gasteiger partial charge >= 0.3 is 0 Å². The van der Waals surface area contributed by atoms with Gasteiger partial charge in [-0.3, -0.25) is 0 Å². The number of benzene rings is 1. The molecule has 1 aromatic rings. The molecule has 1 aromatic carbocycles. The fraction of sp³-hybridized carbons (Fsp3) is 0.600. The summed E-state index contributed by atoms with van der Waals surface area (Å²) in [6, 6.07) is 6.80. The lowest BCUT2D eigenvalue weighted by Crippen LogP contribution is -2.32. The van der Waals surface area contributed by atoms with Gasteiger partial charge in [-0.05, 0) is 44.0 Å². The molecule has 0 aromatic heterocycles. The van der Waals surface area contributed by atoms with Crippen LogP contribution in [0, 0.1) is 11.7 Å². The number of likely N-dealkylation sites (N-methyl/N-ethyl adjacent to an activating group) is 1. The molecule has 0 atom stereocenters. The largest absolute Gasteiger partial charge is 0.370 e. The topological polar surface area (TPSA) is 15.3 Å². The van der Waals surface area contributed by atoms with E-state index in [1.54, 1.807) is 12.1 Å². The molecule has 0 spiro atoms. The monoisotopic (exact) mass is 252 g/mol. The van der Waals surface area contributed by atoms with Crippen LogP contribution in [0.25, 0.3) is 0 Å². The van der Waals surface area contributed by atoms with Crippen molar-refractivity contribution in [3.05, 3.63) is 30.1 Å². The Morgan fingerprint density at radius 1 is 1.28 bits per heavy atom. The minimum Gasteiger partial charge on any atom is -0.370 e. The first-order chi connectivity index (χ1) is 8.63. The zero-order valence-corrected chi connectivity index (χ0v) is 11.7. The van der Waals surface area contributed by atoms with Gasteiger partial charge in [0.1, 0.15) is 5.82 Å². The molecule has 0 aliphatic rings. The van der Waals surface area contributed by atoms with E-state index in [0.29, 0.717) is 0 Å². The first-order valence-electron chi connectivity index (χ1n) is 6.84. The lowest BCUT2D eigenvalue weighted by molar-refractivity contribution is 0.537. The molecule has 3 heteroatoms. The number of hydrogen-bond donors (Lipinski definition) is 1. The van der Waals surface area contributed by atoms with E-state index in [0.717, 1.165) is 37.8 Å². The third-order valence-corrected chi connectivity index (χ3v) is 3.01. The molecule has 1 rings (SSSR count). The Labute approximate surface area is 110 Å². The first kappa shape index (κ1) is 15.0. The number of halogens is 1. The lowest BCUT2D eigenvalue weighted by Gasteiger charge is -2.23. The molecule has 0 unspecified atom stereocenters. The molecule has 2 nitrogen and oxygen atoms in total. The van der Waals surface area contributed by atoms with Gasteiger partial charge in [0.05, 0.1) is 0 Å². The SMILES string of the molecule is CCN(CCNCCC(C)C)c1cccc(F)c1. The van der Waals surface area contributed by atoms with E-state index in [-0.39, 0.29) is 5.82 Å². The lowest BCUT2D eigenvalue weighted by atomic mass is 10.1. The summed E-state index contributed by atoms with van der Waals surface area (Å²) in [5, 5.41) is 3.43. The molecule has 0 aliphatic heterocycles. The summed E-state index contributed by atoms with van der Waals surface area (Å²) in [5.74, 6) is 0.571. The molecule has 0 heterocycles. The molecule has 0 amide bonds. The molecule has 0 aliphatic carbocycles. The van der Waals surface area contributed by atoms with Gasteiger partial charge in [-0.2, -0.15) is 0 Å². The summed E-state index contributed by atoms with van der Waals surface area (Å²) < 4.78 is 13.2. The van der Waals surface area contributed by atoms with E-state index in [9.17, 15) is 4.39 Å². The van der Waals surface area contributed by atoms with E-state index in [2.05, 4.69) is 31.0 Å². The number of nitrogens with one attached hydrogen (secondary N) is 1. The molecule has 0 bridgehead atoms. The van der Waals surface area contributed by atoms with Gasteiger partial charge in [0, 0.05) is 25.3 Å². The maximum Gasteiger partial charge on any atom is 0.125 e. The van der Waals surface area contributed by atoms with Crippen molar-refractivity contribution >= 4 is 5.69 Å². The zero-order valence-electron chi connectivity index (χ0n) is 11.7. The van der Waals surface area contributed by atoms with Gasteiger partial charge in [-0.1, -0.05) is 19.9 Å². The fourth-order valence-electron chi connectivity index (χ4n) is 1.87. The van der Waals surface area contributed by atoms with E-state index < -0.39 is 0 Å². The van der Waals surface area contributed by atoms with Crippen molar-refractivity contribution in [3.8, 4) is 0 Å². The molecular weight excluding hydrogens is 227 g/mol. The average molecular weight is 252 g/mol. The summed E-state index contributed by atoms with van der Waals surface area (Å²) in [4.78, 5) is 2.19. The summed E-state index contributed by atoms with van der Waals surface area (Å²) >= 11 is 0. The van der Waals surface area contributed by atoms with E-state index in [1.807, 2.05) is 6.07 Å². The van der Waals surface area contributed by atoms with Crippen LogP contribution < -0.4 is 10.2 Å². The van der Waals surface area contributed by atoms with Gasteiger partial charge in [-0.15, -0.1) is 0 Å². The van der Waals surface area contributed by atoms with E-state index in [1.165, 1.54) is 12.5 Å². The van der Waals surface area contributed by atoms with Crippen LogP contribution in [-0.4, -0.2) is 26.2 Å². The van der Waals surface area contributed by atoms with Crippen molar-refractivity contribution in [3.63, 3.8) is 0 Å². The average Bonchev–Trinajstić information content (AvgIpc) is 2.33. The fourth-order valence-corrected chi connectivity index (χ4v) is 1.87.